The number of pyridine rings is 1. The van der Waals surface area contributed by atoms with E-state index in [9.17, 15) is 0 Å². The van der Waals surface area contributed by atoms with Crippen molar-refractivity contribution in [1.82, 2.24) is 9.88 Å². The third kappa shape index (κ3) is 3.59. The van der Waals surface area contributed by atoms with E-state index < -0.39 is 0 Å². The van der Waals surface area contributed by atoms with Gasteiger partial charge in [0.25, 0.3) is 0 Å². The van der Waals surface area contributed by atoms with Crippen LogP contribution in [0.15, 0.2) is 16.2 Å². The molecule has 2 fully saturated rings. The SMILES string of the molecule is N#CC1=Cc2c(cnc(NC3CCC(N4CCOCC4)CC3)c2Br)C1. The van der Waals surface area contributed by atoms with E-state index in [4.69, 9.17) is 10.00 Å². The Labute approximate surface area is 157 Å². The Hall–Kier alpha value is -1.42. The van der Waals surface area contributed by atoms with Crippen LogP contribution in [0.4, 0.5) is 5.82 Å². The first kappa shape index (κ1) is 17.0. The number of halogens is 1. The molecule has 1 saturated carbocycles. The summed E-state index contributed by atoms with van der Waals surface area (Å²) in [6, 6.07) is 3.43. The number of nitrogens with zero attached hydrogens (tertiary/aromatic N) is 3. The second-order valence-electron chi connectivity index (χ2n) is 7.12. The van der Waals surface area contributed by atoms with Crippen LogP contribution in [0.3, 0.4) is 0 Å². The molecule has 0 amide bonds. The lowest BCUT2D eigenvalue weighted by molar-refractivity contribution is 0.00790. The molecule has 132 valence electrons. The third-order valence-corrected chi connectivity index (χ3v) is 6.39. The molecule has 1 N–H and O–H groups in total. The summed E-state index contributed by atoms with van der Waals surface area (Å²) in [7, 11) is 0. The number of nitrogens with one attached hydrogen (secondary N) is 1. The quantitative estimate of drug-likeness (QED) is 0.839. The van der Waals surface area contributed by atoms with Gasteiger partial charge in [0.1, 0.15) is 5.82 Å². The summed E-state index contributed by atoms with van der Waals surface area (Å²) in [5.74, 6) is 0.906. The zero-order chi connectivity index (χ0) is 17.2. The number of hydrogen-bond acceptors (Lipinski definition) is 5. The molecular weight excluding hydrogens is 380 g/mol. The first-order valence-electron chi connectivity index (χ1n) is 9.11. The molecule has 1 aliphatic heterocycles. The van der Waals surface area contributed by atoms with Crippen molar-refractivity contribution in [3.63, 3.8) is 0 Å². The van der Waals surface area contributed by atoms with Crippen LogP contribution in [0.25, 0.3) is 6.08 Å². The van der Waals surface area contributed by atoms with Gasteiger partial charge < -0.3 is 10.1 Å². The molecule has 6 heteroatoms. The van der Waals surface area contributed by atoms with Gasteiger partial charge in [0.05, 0.1) is 23.8 Å². The molecular formula is C19H23BrN4O. The van der Waals surface area contributed by atoms with Crippen LogP contribution < -0.4 is 5.32 Å². The van der Waals surface area contributed by atoms with Gasteiger partial charge in [0.2, 0.25) is 0 Å². The van der Waals surface area contributed by atoms with Crippen molar-refractivity contribution in [2.75, 3.05) is 31.6 Å². The van der Waals surface area contributed by atoms with Crippen molar-refractivity contribution in [2.24, 2.45) is 0 Å². The average molecular weight is 403 g/mol. The van der Waals surface area contributed by atoms with Crippen molar-refractivity contribution in [3.8, 4) is 6.07 Å². The zero-order valence-corrected chi connectivity index (χ0v) is 15.9. The summed E-state index contributed by atoms with van der Waals surface area (Å²) in [5.41, 5.74) is 3.04. The lowest BCUT2D eigenvalue weighted by Gasteiger charge is -2.39. The minimum atomic E-state index is 0.472. The Morgan fingerprint density at radius 3 is 2.72 bits per heavy atom. The van der Waals surface area contributed by atoms with Crippen molar-refractivity contribution >= 4 is 27.8 Å². The first-order chi connectivity index (χ1) is 12.2. The van der Waals surface area contributed by atoms with Gasteiger partial charge in [-0.3, -0.25) is 4.90 Å². The summed E-state index contributed by atoms with van der Waals surface area (Å²) in [6.45, 7) is 3.91. The van der Waals surface area contributed by atoms with Gasteiger partial charge >= 0.3 is 0 Å². The standard InChI is InChI=1S/C19H23BrN4O/c20-18-17-10-13(11-21)9-14(17)12-22-19(18)23-15-1-3-16(4-2-15)24-5-7-25-8-6-24/h10,12,15-16H,1-9H2,(H,22,23). The van der Waals surface area contributed by atoms with E-state index in [0.717, 1.165) is 53.3 Å². The molecule has 0 aromatic carbocycles. The van der Waals surface area contributed by atoms with Crippen LogP contribution >= 0.6 is 15.9 Å². The monoisotopic (exact) mass is 402 g/mol. The molecule has 0 bridgehead atoms. The molecule has 2 heterocycles. The molecule has 3 aliphatic rings. The minimum absolute atomic E-state index is 0.472. The smallest absolute Gasteiger partial charge is 0.141 e. The van der Waals surface area contributed by atoms with Gasteiger partial charge in [0, 0.05) is 43.4 Å². The number of fused-ring (bicyclic) bond motifs is 1. The van der Waals surface area contributed by atoms with Gasteiger partial charge in [-0.05, 0) is 58.8 Å². The fraction of sp³-hybridized carbons (Fsp3) is 0.579. The Morgan fingerprint density at radius 2 is 2.00 bits per heavy atom. The van der Waals surface area contributed by atoms with Gasteiger partial charge in [-0.15, -0.1) is 0 Å². The predicted octanol–water partition coefficient (Wildman–Crippen LogP) is 3.36. The maximum Gasteiger partial charge on any atom is 0.141 e. The third-order valence-electron chi connectivity index (χ3n) is 5.58. The summed E-state index contributed by atoms with van der Waals surface area (Å²) in [6.07, 6.45) is 9.39. The molecule has 0 unspecified atom stereocenters. The molecule has 25 heavy (non-hydrogen) atoms. The predicted molar refractivity (Wildman–Crippen MR) is 101 cm³/mol. The van der Waals surface area contributed by atoms with Crippen LogP contribution in [0, 0.1) is 11.3 Å². The molecule has 2 aliphatic carbocycles. The number of nitriles is 1. The number of aromatic nitrogens is 1. The van der Waals surface area contributed by atoms with E-state index in [1.807, 2.05) is 12.3 Å². The van der Waals surface area contributed by atoms with E-state index in [-0.39, 0.29) is 0 Å². The van der Waals surface area contributed by atoms with Crippen LogP contribution in [0.1, 0.15) is 36.8 Å². The molecule has 1 saturated heterocycles. The zero-order valence-electron chi connectivity index (χ0n) is 14.3. The Bertz CT molecular complexity index is 713. The van der Waals surface area contributed by atoms with Gasteiger partial charge in [-0.1, -0.05) is 0 Å². The molecule has 1 aromatic rings. The van der Waals surface area contributed by atoms with E-state index in [0.29, 0.717) is 18.5 Å². The summed E-state index contributed by atoms with van der Waals surface area (Å²) in [5, 5.41) is 12.7. The van der Waals surface area contributed by atoms with Crippen LogP contribution in [0.2, 0.25) is 0 Å². The molecule has 0 radical (unpaired) electrons. The highest BCUT2D eigenvalue weighted by Gasteiger charge is 2.28. The maximum absolute atomic E-state index is 9.11. The largest absolute Gasteiger partial charge is 0.379 e. The van der Waals surface area contributed by atoms with E-state index in [2.05, 4.69) is 37.2 Å². The molecule has 5 nitrogen and oxygen atoms in total. The van der Waals surface area contributed by atoms with Gasteiger partial charge in [-0.25, -0.2) is 4.98 Å². The summed E-state index contributed by atoms with van der Waals surface area (Å²) >= 11 is 3.69. The lowest BCUT2D eigenvalue weighted by Crippen LogP contribution is -2.46. The van der Waals surface area contributed by atoms with Crippen molar-refractivity contribution < 1.29 is 4.74 Å². The highest BCUT2D eigenvalue weighted by atomic mass is 79.9. The number of allylic oxidation sites excluding steroid dienone is 1. The molecule has 0 atom stereocenters. The fourth-order valence-electron chi connectivity index (χ4n) is 4.16. The number of morpholine rings is 1. The molecule has 0 spiro atoms. The lowest BCUT2D eigenvalue weighted by atomic mass is 9.90. The van der Waals surface area contributed by atoms with Gasteiger partial charge in [-0.2, -0.15) is 5.26 Å². The summed E-state index contributed by atoms with van der Waals surface area (Å²) in [4.78, 5) is 7.19. The highest BCUT2D eigenvalue weighted by molar-refractivity contribution is 9.10. The van der Waals surface area contributed by atoms with E-state index in [1.54, 1.807) is 0 Å². The van der Waals surface area contributed by atoms with Crippen LogP contribution in [-0.4, -0.2) is 48.3 Å². The first-order valence-corrected chi connectivity index (χ1v) is 9.90. The van der Waals surface area contributed by atoms with Gasteiger partial charge in [0.15, 0.2) is 0 Å². The second kappa shape index (κ2) is 7.45. The number of rotatable bonds is 3. The Balaban J connectivity index is 1.38. The molecule has 4 rings (SSSR count). The number of ether oxygens (including phenoxy) is 1. The summed E-state index contributed by atoms with van der Waals surface area (Å²) < 4.78 is 6.45. The van der Waals surface area contributed by atoms with Crippen molar-refractivity contribution in [1.29, 1.82) is 5.26 Å². The van der Waals surface area contributed by atoms with Crippen molar-refractivity contribution in [3.05, 3.63) is 27.4 Å². The van der Waals surface area contributed by atoms with E-state index in [1.165, 1.54) is 25.7 Å². The van der Waals surface area contributed by atoms with Crippen LogP contribution in [-0.2, 0) is 11.2 Å². The van der Waals surface area contributed by atoms with E-state index >= 15 is 0 Å². The second-order valence-corrected chi connectivity index (χ2v) is 7.91. The Kier molecular flexibility index (Phi) is 5.07. The minimum Gasteiger partial charge on any atom is -0.379 e. The average Bonchev–Trinajstić information content (AvgIpc) is 3.10. The number of hydrogen-bond donors (Lipinski definition) is 1. The highest BCUT2D eigenvalue weighted by Crippen LogP contribution is 2.35. The fourth-order valence-corrected chi connectivity index (χ4v) is 4.74. The topological polar surface area (TPSA) is 61.2 Å². The number of anilines is 1. The Morgan fingerprint density at radius 1 is 1.24 bits per heavy atom. The van der Waals surface area contributed by atoms with Crippen LogP contribution in [0.5, 0.6) is 0 Å². The molecule has 1 aromatic heterocycles. The van der Waals surface area contributed by atoms with Crippen molar-refractivity contribution in [2.45, 2.75) is 44.2 Å². The maximum atomic E-state index is 9.11. The normalized spacial score (nSPS) is 26.6.